The van der Waals surface area contributed by atoms with Crippen LogP contribution in [0.2, 0.25) is 0 Å². The Balaban J connectivity index is 1.33. The normalized spacial score (nSPS) is 15.4. The summed E-state index contributed by atoms with van der Waals surface area (Å²) < 4.78 is 11.7. The highest BCUT2D eigenvalue weighted by Crippen LogP contribution is 2.35. The molecule has 38 heavy (non-hydrogen) atoms. The Kier molecular flexibility index (Phi) is 7.15. The molecule has 1 aliphatic heterocycles. The van der Waals surface area contributed by atoms with Gasteiger partial charge in [0.1, 0.15) is 6.61 Å². The van der Waals surface area contributed by atoms with Crippen LogP contribution in [0.4, 0.5) is 5.69 Å². The summed E-state index contributed by atoms with van der Waals surface area (Å²) in [6.07, 6.45) is 1.79. The Hall–Kier alpha value is -4.56. The van der Waals surface area contributed by atoms with Gasteiger partial charge in [0.2, 0.25) is 0 Å². The van der Waals surface area contributed by atoms with Gasteiger partial charge in [0.15, 0.2) is 16.7 Å². The van der Waals surface area contributed by atoms with Crippen LogP contribution >= 0.6 is 11.8 Å². The number of hydrogen-bond acceptors (Lipinski definition) is 6. The number of likely N-dealkylation sites (N-methyl/N-ethyl adjacent to an activating group) is 1. The van der Waals surface area contributed by atoms with E-state index < -0.39 is 5.97 Å². The average molecular weight is 525 g/mol. The summed E-state index contributed by atoms with van der Waals surface area (Å²) in [6.45, 7) is 0.393. The summed E-state index contributed by atoms with van der Waals surface area (Å²) in [5.41, 5.74) is 2.61. The van der Waals surface area contributed by atoms with Gasteiger partial charge in [0.05, 0.1) is 23.3 Å². The number of benzene rings is 4. The minimum atomic E-state index is -1.00. The molecule has 5 rings (SSSR count). The first-order valence-corrected chi connectivity index (χ1v) is 12.6. The van der Waals surface area contributed by atoms with Gasteiger partial charge < -0.3 is 14.6 Å². The van der Waals surface area contributed by atoms with Gasteiger partial charge in [-0.3, -0.25) is 9.69 Å². The van der Waals surface area contributed by atoms with E-state index in [1.807, 2.05) is 42.5 Å². The number of aliphatic imine (C=N–C) groups is 1. The van der Waals surface area contributed by atoms with Crippen LogP contribution in [-0.4, -0.2) is 41.2 Å². The maximum atomic E-state index is 12.9. The van der Waals surface area contributed by atoms with E-state index in [4.69, 9.17) is 14.6 Å². The highest BCUT2D eigenvalue weighted by Gasteiger charge is 2.30. The van der Waals surface area contributed by atoms with E-state index in [2.05, 4.69) is 23.2 Å². The van der Waals surface area contributed by atoms with E-state index in [1.54, 1.807) is 32.4 Å². The van der Waals surface area contributed by atoms with Crippen molar-refractivity contribution >= 4 is 51.3 Å². The summed E-state index contributed by atoms with van der Waals surface area (Å²) in [5.74, 6) is -0.00326. The number of hydrogen-bond donors (Lipinski definition) is 1. The van der Waals surface area contributed by atoms with Crippen molar-refractivity contribution < 1.29 is 24.2 Å². The van der Waals surface area contributed by atoms with E-state index in [0.717, 1.165) is 21.9 Å². The molecular formula is C30H24N2O5S. The first kappa shape index (κ1) is 25.1. The molecule has 7 nitrogen and oxygen atoms in total. The fraction of sp³-hybridized carbons (Fsp3) is 0.100. The smallest absolute Gasteiger partial charge is 0.335 e. The Morgan fingerprint density at radius 2 is 1.76 bits per heavy atom. The van der Waals surface area contributed by atoms with Crippen LogP contribution in [0.1, 0.15) is 21.5 Å². The molecule has 0 spiro atoms. The number of carbonyl (C=O) groups excluding carboxylic acids is 1. The SMILES string of the molecule is COc1cc(/C=C2\SC(=Nc3ccc(C(=O)O)cc3)N(C)C2=O)ccc1OCc1cccc2ccccc12. The van der Waals surface area contributed by atoms with Crippen LogP contribution in [-0.2, 0) is 11.4 Å². The fourth-order valence-electron chi connectivity index (χ4n) is 4.06. The topological polar surface area (TPSA) is 88.4 Å². The van der Waals surface area contributed by atoms with E-state index in [9.17, 15) is 9.59 Å². The van der Waals surface area contributed by atoms with Crippen LogP contribution < -0.4 is 9.47 Å². The second-order valence-corrected chi connectivity index (χ2v) is 9.57. The van der Waals surface area contributed by atoms with Crippen molar-refractivity contribution in [1.82, 2.24) is 4.90 Å². The van der Waals surface area contributed by atoms with E-state index in [1.165, 1.54) is 28.8 Å². The second-order valence-electron chi connectivity index (χ2n) is 8.56. The molecular weight excluding hydrogens is 500 g/mol. The third kappa shape index (κ3) is 5.26. The van der Waals surface area contributed by atoms with Crippen molar-refractivity contribution in [2.75, 3.05) is 14.2 Å². The van der Waals surface area contributed by atoms with Crippen molar-refractivity contribution in [1.29, 1.82) is 0 Å². The van der Waals surface area contributed by atoms with E-state index in [-0.39, 0.29) is 11.5 Å². The molecule has 0 aromatic heterocycles. The van der Waals surface area contributed by atoms with Gasteiger partial charge in [-0.05, 0) is 76.1 Å². The third-order valence-electron chi connectivity index (χ3n) is 6.09. The van der Waals surface area contributed by atoms with Gasteiger partial charge in [-0.25, -0.2) is 9.79 Å². The number of ether oxygens (including phenoxy) is 2. The van der Waals surface area contributed by atoms with E-state index in [0.29, 0.717) is 33.9 Å². The molecule has 4 aromatic rings. The molecule has 0 bridgehead atoms. The largest absolute Gasteiger partial charge is 0.493 e. The molecule has 1 aliphatic rings. The number of methoxy groups -OCH3 is 1. The number of carbonyl (C=O) groups is 2. The molecule has 4 aromatic carbocycles. The Morgan fingerprint density at radius 1 is 1.00 bits per heavy atom. The van der Waals surface area contributed by atoms with Crippen LogP contribution in [0.15, 0.2) is 94.8 Å². The number of fused-ring (bicyclic) bond motifs is 1. The highest BCUT2D eigenvalue weighted by molar-refractivity contribution is 8.18. The number of carboxylic acids is 1. The lowest BCUT2D eigenvalue weighted by atomic mass is 10.1. The van der Waals surface area contributed by atoms with Gasteiger partial charge >= 0.3 is 5.97 Å². The number of thioether (sulfide) groups is 1. The Labute approximate surface area is 224 Å². The standard InChI is InChI=1S/C30H24N2O5S/c1-32-28(33)27(38-30(32)31-23-13-11-21(12-14-23)29(34)35)17-19-10-15-25(26(16-19)36-2)37-18-22-8-5-7-20-6-3-4-9-24(20)22/h3-17H,18H2,1-2H3,(H,34,35)/b27-17-,31-30?. The van der Waals surface area contributed by atoms with Crippen LogP contribution in [0.25, 0.3) is 16.8 Å². The first-order valence-electron chi connectivity index (χ1n) is 11.8. The first-order chi connectivity index (χ1) is 18.4. The van der Waals surface area contributed by atoms with Gasteiger partial charge in [-0.2, -0.15) is 0 Å². The summed E-state index contributed by atoms with van der Waals surface area (Å²) in [5, 5.41) is 11.9. The summed E-state index contributed by atoms with van der Waals surface area (Å²) >= 11 is 1.25. The molecule has 1 heterocycles. The quantitative estimate of drug-likeness (QED) is 0.283. The molecule has 8 heteroatoms. The molecule has 0 atom stereocenters. The zero-order chi connectivity index (χ0) is 26.6. The molecule has 1 N–H and O–H groups in total. The zero-order valence-electron chi connectivity index (χ0n) is 20.8. The third-order valence-corrected chi connectivity index (χ3v) is 7.15. The fourth-order valence-corrected chi connectivity index (χ4v) is 5.05. The Morgan fingerprint density at radius 3 is 2.53 bits per heavy atom. The van der Waals surface area contributed by atoms with Crippen molar-refractivity contribution in [3.05, 3.63) is 107 Å². The maximum absolute atomic E-state index is 12.9. The molecule has 1 amide bonds. The molecule has 0 unspecified atom stereocenters. The van der Waals surface area contributed by atoms with Gasteiger partial charge in [-0.15, -0.1) is 0 Å². The number of aromatic carboxylic acids is 1. The summed E-state index contributed by atoms with van der Waals surface area (Å²) in [4.78, 5) is 30.4. The number of amides is 1. The highest BCUT2D eigenvalue weighted by atomic mass is 32.2. The molecule has 0 saturated carbocycles. The van der Waals surface area contributed by atoms with Crippen LogP contribution in [0.5, 0.6) is 11.5 Å². The number of carboxylic acid groups (broad SMARTS) is 1. The molecule has 0 aliphatic carbocycles. The van der Waals surface area contributed by atoms with Gasteiger partial charge in [-0.1, -0.05) is 48.5 Å². The number of rotatable bonds is 7. The second kappa shape index (κ2) is 10.8. The van der Waals surface area contributed by atoms with Gasteiger partial charge in [0.25, 0.3) is 5.91 Å². The van der Waals surface area contributed by atoms with Crippen LogP contribution in [0.3, 0.4) is 0 Å². The monoisotopic (exact) mass is 524 g/mol. The summed E-state index contributed by atoms with van der Waals surface area (Å²) in [6, 6.07) is 26.1. The minimum absolute atomic E-state index is 0.175. The number of amidine groups is 1. The summed E-state index contributed by atoms with van der Waals surface area (Å²) in [7, 11) is 3.24. The lowest BCUT2D eigenvalue weighted by Crippen LogP contribution is -2.23. The van der Waals surface area contributed by atoms with Crippen molar-refractivity contribution in [2.24, 2.45) is 4.99 Å². The maximum Gasteiger partial charge on any atom is 0.335 e. The molecule has 0 radical (unpaired) electrons. The average Bonchev–Trinajstić information content (AvgIpc) is 3.19. The zero-order valence-corrected chi connectivity index (χ0v) is 21.6. The Bertz CT molecular complexity index is 1590. The van der Waals surface area contributed by atoms with Crippen molar-refractivity contribution in [3.63, 3.8) is 0 Å². The lowest BCUT2D eigenvalue weighted by Gasteiger charge is -2.13. The van der Waals surface area contributed by atoms with E-state index >= 15 is 0 Å². The molecule has 1 saturated heterocycles. The number of nitrogens with zero attached hydrogens (tertiary/aromatic N) is 2. The molecule has 190 valence electrons. The predicted molar refractivity (Wildman–Crippen MR) is 150 cm³/mol. The van der Waals surface area contributed by atoms with Crippen LogP contribution in [0, 0.1) is 0 Å². The lowest BCUT2D eigenvalue weighted by molar-refractivity contribution is -0.121. The van der Waals surface area contributed by atoms with Crippen molar-refractivity contribution in [2.45, 2.75) is 6.61 Å². The minimum Gasteiger partial charge on any atom is -0.493 e. The van der Waals surface area contributed by atoms with Gasteiger partial charge in [0, 0.05) is 7.05 Å². The molecule has 1 fully saturated rings. The predicted octanol–water partition coefficient (Wildman–Crippen LogP) is 6.36. The van der Waals surface area contributed by atoms with Crippen molar-refractivity contribution in [3.8, 4) is 11.5 Å².